The first kappa shape index (κ1) is 24.4. The summed E-state index contributed by atoms with van der Waals surface area (Å²) in [5, 5.41) is 4.76. The Bertz CT molecular complexity index is 1220. The normalized spacial score (nSPS) is 19.5. The number of ether oxygens (including phenoxy) is 1. The van der Waals surface area contributed by atoms with Gasteiger partial charge in [-0.25, -0.2) is 0 Å². The third-order valence-corrected chi connectivity index (χ3v) is 7.84. The highest BCUT2D eigenvalue weighted by Gasteiger charge is 2.36. The van der Waals surface area contributed by atoms with Crippen molar-refractivity contribution in [3.63, 3.8) is 0 Å². The molecule has 5 nitrogen and oxygen atoms in total. The molecule has 36 heavy (non-hydrogen) atoms. The minimum Gasteiger partial charge on any atom is -0.494 e. The van der Waals surface area contributed by atoms with E-state index in [2.05, 4.69) is 10.2 Å². The molecule has 0 radical (unpaired) electrons. The summed E-state index contributed by atoms with van der Waals surface area (Å²) in [5.41, 5.74) is 2.47. The Morgan fingerprint density at radius 3 is 2.36 bits per heavy atom. The lowest BCUT2D eigenvalue weighted by molar-refractivity contribution is 0.0392. The molecule has 3 aromatic carbocycles. The van der Waals surface area contributed by atoms with Crippen molar-refractivity contribution in [1.82, 2.24) is 10.2 Å². The molecule has 188 valence electrons. The van der Waals surface area contributed by atoms with Crippen molar-refractivity contribution in [1.29, 1.82) is 0 Å². The minimum atomic E-state index is -0.110. The Morgan fingerprint density at radius 1 is 0.889 bits per heavy atom. The van der Waals surface area contributed by atoms with Crippen molar-refractivity contribution in [2.45, 2.75) is 57.9 Å². The Morgan fingerprint density at radius 2 is 1.58 bits per heavy atom. The molecule has 1 saturated carbocycles. The van der Waals surface area contributed by atoms with E-state index in [1.165, 1.54) is 25.7 Å². The first-order valence-electron chi connectivity index (χ1n) is 13.5. The van der Waals surface area contributed by atoms with Crippen LogP contribution < -0.4 is 10.1 Å². The van der Waals surface area contributed by atoms with Gasteiger partial charge in [-0.3, -0.25) is 9.59 Å². The summed E-state index contributed by atoms with van der Waals surface area (Å²) in [6.07, 6.45) is 7.92. The molecule has 5 rings (SSSR count). The monoisotopic (exact) mass is 484 g/mol. The summed E-state index contributed by atoms with van der Waals surface area (Å²) >= 11 is 0. The van der Waals surface area contributed by atoms with Crippen LogP contribution in [-0.2, 0) is 6.42 Å². The van der Waals surface area contributed by atoms with Crippen LogP contribution >= 0.6 is 0 Å². The zero-order valence-electron chi connectivity index (χ0n) is 21.2. The number of piperidine rings is 1. The third kappa shape index (κ3) is 5.11. The number of hydrogen-bond donors (Lipinski definition) is 1. The van der Waals surface area contributed by atoms with Gasteiger partial charge >= 0.3 is 0 Å². The maximum Gasteiger partial charge on any atom is 0.254 e. The molecule has 1 aliphatic heterocycles. The van der Waals surface area contributed by atoms with E-state index in [4.69, 9.17) is 4.74 Å². The van der Waals surface area contributed by atoms with Gasteiger partial charge in [0.1, 0.15) is 5.75 Å². The number of benzene rings is 3. The minimum absolute atomic E-state index is 0.110. The largest absolute Gasteiger partial charge is 0.494 e. The summed E-state index contributed by atoms with van der Waals surface area (Å²) in [7, 11) is 0. The van der Waals surface area contributed by atoms with Gasteiger partial charge in [0.25, 0.3) is 11.8 Å². The second kappa shape index (κ2) is 11.2. The van der Waals surface area contributed by atoms with Gasteiger partial charge in [-0.05, 0) is 85.5 Å². The molecular formula is C31H36N2O3. The van der Waals surface area contributed by atoms with Gasteiger partial charge in [0.2, 0.25) is 0 Å². The Labute approximate surface area is 213 Å². The fourth-order valence-electron chi connectivity index (χ4n) is 6.05. The molecule has 0 bridgehead atoms. The summed E-state index contributed by atoms with van der Waals surface area (Å²) in [5.74, 6) is 1.50. The van der Waals surface area contributed by atoms with Crippen molar-refractivity contribution < 1.29 is 14.3 Å². The topological polar surface area (TPSA) is 58.6 Å². The van der Waals surface area contributed by atoms with Crippen molar-refractivity contribution in [3.05, 3.63) is 77.4 Å². The van der Waals surface area contributed by atoms with Crippen LogP contribution in [0.5, 0.6) is 5.75 Å². The second-order valence-corrected chi connectivity index (χ2v) is 10.0. The highest BCUT2D eigenvalue weighted by molar-refractivity contribution is 6.14. The van der Waals surface area contributed by atoms with Crippen LogP contribution in [0.3, 0.4) is 0 Å². The van der Waals surface area contributed by atoms with Gasteiger partial charge in [0.05, 0.1) is 6.61 Å². The molecule has 0 aromatic heterocycles. The van der Waals surface area contributed by atoms with E-state index in [0.29, 0.717) is 36.2 Å². The first-order chi connectivity index (χ1) is 17.7. The molecule has 1 aliphatic carbocycles. The SMILES string of the molecule is CCOc1ccc(CCNC(=O)c2ccc(C(=O)N3CCC[C@@H]4CCCC[C@@H]43)c3ccccc23)cc1. The summed E-state index contributed by atoms with van der Waals surface area (Å²) in [4.78, 5) is 29.0. The van der Waals surface area contributed by atoms with Crippen LogP contribution in [0.15, 0.2) is 60.7 Å². The fraction of sp³-hybridized carbons (Fsp3) is 0.419. The van der Waals surface area contributed by atoms with E-state index in [1.54, 1.807) is 0 Å². The molecule has 1 heterocycles. The molecule has 2 amide bonds. The number of amides is 2. The molecule has 1 saturated heterocycles. The molecule has 1 N–H and O–H groups in total. The highest BCUT2D eigenvalue weighted by atomic mass is 16.5. The second-order valence-electron chi connectivity index (χ2n) is 10.0. The molecule has 2 fully saturated rings. The maximum atomic E-state index is 13.8. The Balaban J connectivity index is 1.31. The van der Waals surface area contributed by atoms with Crippen molar-refractivity contribution in [2.24, 2.45) is 5.92 Å². The standard InChI is InChI=1S/C31H36N2O3/c1-2-36-24-15-13-22(14-16-24)19-20-32-30(34)27-17-18-28(26-11-5-4-10-25(26)27)31(35)33-21-7-9-23-8-3-6-12-29(23)33/h4-5,10-11,13-18,23,29H,2-3,6-9,12,19-21H2,1H3,(H,32,34)/t23-,29-/m0/s1. The fourth-order valence-corrected chi connectivity index (χ4v) is 6.05. The first-order valence-corrected chi connectivity index (χ1v) is 13.5. The van der Waals surface area contributed by atoms with Crippen molar-refractivity contribution >= 4 is 22.6 Å². The lowest BCUT2D eigenvalue weighted by atomic mass is 9.78. The molecule has 2 atom stereocenters. The summed E-state index contributed by atoms with van der Waals surface area (Å²) in [6.45, 7) is 3.99. The number of likely N-dealkylation sites (tertiary alicyclic amines) is 1. The van der Waals surface area contributed by atoms with E-state index >= 15 is 0 Å². The smallest absolute Gasteiger partial charge is 0.254 e. The number of hydrogen-bond acceptors (Lipinski definition) is 3. The summed E-state index contributed by atoms with van der Waals surface area (Å²) in [6, 6.07) is 19.8. The van der Waals surface area contributed by atoms with Gasteiger partial charge in [-0.2, -0.15) is 0 Å². The van der Waals surface area contributed by atoms with Crippen LogP contribution in [0.2, 0.25) is 0 Å². The van der Waals surface area contributed by atoms with Gasteiger partial charge in [-0.1, -0.05) is 49.2 Å². The van der Waals surface area contributed by atoms with Crippen LogP contribution in [-0.4, -0.2) is 42.5 Å². The van der Waals surface area contributed by atoms with E-state index in [0.717, 1.165) is 47.9 Å². The average Bonchev–Trinajstić information content (AvgIpc) is 2.93. The lowest BCUT2D eigenvalue weighted by Gasteiger charge is -2.44. The zero-order valence-corrected chi connectivity index (χ0v) is 21.2. The molecule has 2 aliphatic rings. The van der Waals surface area contributed by atoms with Gasteiger partial charge in [0.15, 0.2) is 0 Å². The molecule has 0 unspecified atom stereocenters. The van der Waals surface area contributed by atoms with Crippen LogP contribution in [0, 0.1) is 5.92 Å². The predicted octanol–water partition coefficient (Wildman–Crippen LogP) is 6.01. The number of rotatable bonds is 7. The van der Waals surface area contributed by atoms with E-state index in [1.807, 2.05) is 67.6 Å². The molecule has 3 aromatic rings. The van der Waals surface area contributed by atoms with Gasteiger partial charge in [0, 0.05) is 30.3 Å². The average molecular weight is 485 g/mol. The van der Waals surface area contributed by atoms with E-state index < -0.39 is 0 Å². The zero-order chi connectivity index (χ0) is 24.9. The number of nitrogens with zero attached hydrogens (tertiary/aromatic N) is 1. The van der Waals surface area contributed by atoms with Crippen LogP contribution in [0.25, 0.3) is 10.8 Å². The van der Waals surface area contributed by atoms with Gasteiger partial charge in [-0.15, -0.1) is 0 Å². The van der Waals surface area contributed by atoms with Crippen molar-refractivity contribution in [2.75, 3.05) is 19.7 Å². The number of carbonyl (C=O) groups is 2. The predicted molar refractivity (Wildman–Crippen MR) is 144 cm³/mol. The molecule has 5 heteroatoms. The summed E-state index contributed by atoms with van der Waals surface area (Å²) < 4.78 is 5.50. The van der Waals surface area contributed by atoms with E-state index in [9.17, 15) is 9.59 Å². The van der Waals surface area contributed by atoms with Crippen LogP contribution in [0.4, 0.5) is 0 Å². The third-order valence-electron chi connectivity index (χ3n) is 7.84. The molecule has 0 spiro atoms. The van der Waals surface area contributed by atoms with Crippen molar-refractivity contribution in [3.8, 4) is 5.75 Å². The van der Waals surface area contributed by atoms with E-state index in [-0.39, 0.29) is 11.8 Å². The van der Waals surface area contributed by atoms with Crippen LogP contribution in [0.1, 0.15) is 71.7 Å². The lowest BCUT2D eigenvalue weighted by Crippen LogP contribution is -2.49. The number of nitrogens with one attached hydrogen (secondary N) is 1. The Hall–Kier alpha value is -3.34. The van der Waals surface area contributed by atoms with Gasteiger partial charge < -0.3 is 15.0 Å². The molecular weight excluding hydrogens is 448 g/mol. The Kier molecular flexibility index (Phi) is 7.55. The maximum absolute atomic E-state index is 13.8. The number of fused-ring (bicyclic) bond motifs is 2. The number of carbonyl (C=O) groups excluding carboxylic acids is 2. The highest BCUT2D eigenvalue weighted by Crippen LogP contribution is 2.36. The quantitative estimate of drug-likeness (QED) is 0.447.